The first-order chi connectivity index (χ1) is 10.1. The van der Waals surface area contributed by atoms with Crippen LogP contribution in [-0.2, 0) is 23.1 Å². The molecule has 0 radical (unpaired) electrons. The lowest BCUT2D eigenvalue weighted by atomic mass is 10.3. The smallest absolute Gasteiger partial charge is 0.273 e. The quantitative estimate of drug-likeness (QED) is 0.673. The molecular weight excluding hydrogens is 292 g/mol. The molecule has 116 valence electrons. The van der Waals surface area contributed by atoms with Crippen molar-refractivity contribution in [1.29, 1.82) is 0 Å². The predicted octanol–water partition coefficient (Wildman–Crippen LogP) is 0.954. The van der Waals surface area contributed by atoms with E-state index in [9.17, 15) is 8.42 Å². The van der Waals surface area contributed by atoms with Crippen molar-refractivity contribution in [3.05, 3.63) is 36.6 Å². The maximum absolute atomic E-state index is 11.5. The molecule has 0 aliphatic carbocycles. The number of aromatic nitrogens is 2. The van der Waals surface area contributed by atoms with Crippen LogP contribution in [0.3, 0.4) is 0 Å². The van der Waals surface area contributed by atoms with E-state index in [1.807, 2.05) is 10.8 Å². The molecule has 8 heteroatoms. The molecule has 2 heterocycles. The zero-order chi connectivity index (χ0) is 15.1. The van der Waals surface area contributed by atoms with Crippen molar-refractivity contribution < 1.29 is 12.8 Å². The van der Waals surface area contributed by atoms with E-state index in [1.54, 1.807) is 18.6 Å². The Morgan fingerprint density at radius 2 is 2.19 bits per heavy atom. The Hall–Kier alpha value is -1.64. The monoisotopic (exact) mass is 312 g/mol. The molecule has 0 fully saturated rings. The summed E-state index contributed by atoms with van der Waals surface area (Å²) in [5.41, 5.74) is 0. The highest BCUT2D eigenvalue weighted by atomic mass is 32.2. The molecule has 0 aromatic carbocycles. The molecule has 0 saturated carbocycles. The third-order valence-corrected chi connectivity index (χ3v) is 4.34. The van der Waals surface area contributed by atoms with Gasteiger partial charge in [0.1, 0.15) is 5.76 Å². The highest BCUT2D eigenvalue weighted by Crippen LogP contribution is 2.13. The van der Waals surface area contributed by atoms with E-state index in [-0.39, 0.29) is 5.09 Å². The summed E-state index contributed by atoms with van der Waals surface area (Å²) >= 11 is 0. The molecule has 21 heavy (non-hydrogen) atoms. The molecule has 0 spiro atoms. The third-order valence-electron chi connectivity index (χ3n) is 3.05. The minimum Gasteiger partial charge on any atom is -0.447 e. The van der Waals surface area contributed by atoms with Crippen LogP contribution >= 0.6 is 0 Å². The van der Waals surface area contributed by atoms with Gasteiger partial charge in [0.25, 0.3) is 10.0 Å². The van der Waals surface area contributed by atoms with Crippen molar-refractivity contribution in [3.8, 4) is 0 Å². The van der Waals surface area contributed by atoms with Gasteiger partial charge in [-0.05, 0) is 38.6 Å². The molecule has 2 aromatic rings. The average molecular weight is 312 g/mol. The van der Waals surface area contributed by atoms with Gasteiger partial charge in [-0.3, -0.25) is 0 Å². The van der Waals surface area contributed by atoms with E-state index >= 15 is 0 Å². The zero-order valence-electron chi connectivity index (χ0n) is 11.9. The topological polar surface area (TPSA) is 89.2 Å². The van der Waals surface area contributed by atoms with Crippen LogP contribution in [0.2, 0.25) is 0 Å². The number of furan rings is 1. The molecule has 2 N–H and O–H groups in total. The number of nitrogens with one attached hydrogen (secondary N) is 2. The summed E-state index contributed by atoms with van der Waals surface area (Å²) in [6.45, 7) is 2.32. The minimum atomic E-state index is -3.49. The summed E-state index contributed by atoms with van der Waals surface area (Å²) in [4.78, 5) is 3.99. The molecule has 0 atom stereocenters. The van der Waals surface area contributed by atoms with Gasteiger partial charge in [-0.2, -0.15) is 0 Å². The summed E-state index contributed by atoms with van der Waals surface area (Å²) in [6, 6.07) is 3.13. The van der Waals surface area contributed by atoms with Crippen LogP contribution in [-0.4, -0.2) is 31.6 Å². The fourth-order valence-corrected chi connectivity index (χ4v) is 2.54. The first kappa shape index (κ1) is 15.7. The van der Waals surface area contributed by atoms with E-state index in [0.29, 0.717) is 12.3 Å². The van der Waals surface area contributed by atoms with E-state index in [1.165, 1.54) is 13.1 Å². The Morgan fingerprint density at radius 1 is 1.33 bits per heavy atom. The van der Waals surface area contributed by atoms with Gasteiger partial charge in [0.05, 0.1) is 12.9 Å². The van der Waals surface area contributed by atoms with Crippen LogP contribution in [0.1, 0.15) is 18.6 Å². The Bertz CT molecular complexity index is 634. The number of aryl methyl sites for hydroxylation is 1. The van der Waals surface area contributed by atoms with Crippen molar-refractivity contribution in [2.75, 3.05) is 13.6 Å². The molecular formula is C13H20N4O3S. The van der Waals surface area contributed by atoms with Crippen LogP contribution in [0.4, 0.5) is 0 Å². The highest BCUT2D eigenvalue weighted by molar-refractivity contribution is 7.89. The summed E-state index contributed by atoms with van der Waals surface area (Å²) in [6.07, 6.45) is 7.60. The molecule has 2 aromatic heterocycles. The second-order valence-corrected chi connectivity index (χ2v) is 6.43. The van der Waals surface area contributed by atoms with Gasteiger partial charge >= 0.3 is 0 Å². The van der Waals surface area contributed by atoms with E-state index in [2.05, 4.69) is 15.0 Å². The van der Waals surface area contributed by atoms with Gasteiger partial charge in [-0.15, -0.1) is 0 Å². The Morgan fingerprint density at radius 3 is 2.90 bits per heavy atom. The number of imidazole rings is 1. The lowest BCUT2D eigenvalue weighted by molar-refractivity contribution is 0.399. The van der Waals surface area contributed by atoms with Gasteiger partial charge in [-0.1, -0.05) is 0 Å². The van der Waals surface area contributed by atoms with E-state index in [0.717, 1.165) is 25.9 Å². The average Bonchev–Trinajstić information content (AvgIpc) is 3.14. The standard InChI is InChI=1S/C13H20N4O3S/c1-14-21(18,19)13-5-4-12(20-13)10-15-6-2-3-8-17-9-7-16-11-17/h4-5,7,9,11,14-15H,2-3,6,8,10H2,1H3. The lowest BCUT2D eigenvalue weighted by Gasteiger charge is -2.04. The van der Waals surface area contributed by atoms with Gasteiger partial charge in [0, 0.05) is 18.9 Å². The number of unbranched alkanes of at least 4 members (excludes halogenated alkanes) is 1. The largest absolute Gasteiger partial charge is 0.447 e. The van der Waals surface area contributed by atoms with Crippen LogP contribution in [0.15, 0.2) is 40.4 Å². The van der Waals surface area contributed by atoms with Crippen molar-refractivity contribution in [2.24, 2.45) is 0 Å². The molecule has 0 saturated heterocycles. The Kier molecular flexibility index (Phi) is 5.54. The van der Waals surface area contributed by atoms with Crippen LogP contribution in [0.5, 0.6) is 0 Å². The molecule has 0 aliphatic rings. The van der Waals surface area contributed by atoms with Crippen molar-refractivity contribution >= 4 is 10.0 Å². The van der Waals surface area contributed by atoms with Crippen molar-refractivity contribution in [2.45, 2.75) is 31.0 Å². The second-order valence-electron chi connectivity index (χ2n) is 4.61. The van der Waals surface area contributed by atoms with Gasteiger partial charge in [0.15, 0.2) is 0 Å². The van der Waals surface area contributed by atoms with Crippen LogP contribution < -0.4 is 10.0 Å². The first-order valence-electron chi connectivity index (χ1n) is 6.80. The van der Waals surface area contributed by atoms with Gasteiger partial charge < -0.3 is 14.3 Å². The number of hydrogen-bond acceptors (Lipinski definition) is 5. The first-order valence-corrected chi connectivity index (χ1v) is 8.29. The summed E-state index contributed by atoms with van der Waals surface area (Å²) < 4.78 is 32.6. The normalized spacial score (nSPS) is 11.9. The fourth-order valence-electron chi connectivity index (χ4n) is 1.87. The maximum atomic E-state index is 11.5. The number of rotatable bonds is 9. The minimum absolute atomic E-state index is 0.0538. The van der Waals surface area contributed by atoms with E-state index < -0.39 is 10.0 Å². The number of hydrogen-bond donors (Lipinski definition) is 2. The lowest BCUT2D eigenvalue weighted by Crippen LogP contribution is -2.18. The van der Waals surface area contributed by atoms with Gasteiger partial charge in [0.2, 0.25) is 5.09 Å². The Balaban J connectivity index is 1.65. The van der Waals surface area contributed by atoms with Crippen LogP contribution in [0.25, 0.3) is 0 Å². The summed E-state index contributed by atoms with van der Waals surface area (Å²) in [7, 11) is -2.14. The SMILES string of the molecule is CNS(=O)(=O)c1ccc(CNCCCCn2ccnc2)o1. The predicted molar refractivity (Wildman–Crippen MR) is 78.1 cm³/mol. The van der Waals surface area contributed by atoms with Gasteiger partial charge in [-0.25, -0.2) is 18.1 Å². The van der Waals surface area contributed by atoms with Crippen LogP contribution in [0, 0.1) is 0 Å². The fraction of sp³-hybridized carbons (Fsp3) is 0.462. The van der Waals surface area contributed by atoms with Crippen molar-refractivity contribution in [3.63, 3.8) is 0 Å². The highest BCUT2D eigenvalue weighted by Gasteiger charge is 2.15. The molecule has 7 nitrogen and oxygen atoms in total. The summed E-state index contributed by atoms with van der Waals surface area (Å²) in [5, 5.41) is 3.18. The summed E-state index contributed by atoms with van der Waals surface area (Å²) in [5.74, 6) is 0.610. The Labute approximate surface area is 124 Å². The van der Waals surface area contributed by atoms with Crippen molar-refractivity contribution in [1.82, 2.24) is 19.6 Å². The molecule has 0 aliphatic heterocycles. The molecule has 0 unspecified atom stereocenters. The molecule has 2 rings (SSSR count). The number of sulfonamides is 1. The third kappa shape index (κ3) is 4.69. The number of nitrogens with zero attached hydrogens (tertiary/aromatic N) is 2. The zero-order valence-corrected chi connectivity index (χ0v) is 12.8. The molecule has 0 bridgehead atoms. The maximum Gasteiger partial charge on any atom is 0.273 e. The van der Waals surface area contributed by atoms with E-state index in [4.69, 9.17) is 4.42 Å². The second kappa shape index (κ2) is 7.39. The molecule has 0 amide bonds.